The summed E-state index contributed by atoms with van der Waals surface area (Å²) in [6, 6.07) is -0.00816. The molecule has 2 aliphatic rings. The lowest BCUT2D eigenvalue weighted by atomic mass is 10.2. The Hall–Kier alpha value is -0.700. The molecule has 1 amide bonds. The third-order valence-corrected chi connectivity index (χ3v) is 6.83. The van der Waals surface area contributed by atoms with Crippen molar-refractivity contribution in [3.8, 4) is 0 Å². The molecule has 1 unspecified atom stereocenters. The lowest BCUT2D eigenvalue weighted by Gasteiger charge is -2.34. The molecule has 1 atom stereocenters. The maximum atomic E-state index is 12.5. The minimum Gasteiger partial charge on any atom is -0.339 e. The number of hydrogen-bond acceptors (Lipinski definition) is 4. The van der Waals surface area contributed by atoms with Crippen LogP contribution in [0.3, 0.4) is 0 Å². The highest BCUT2D eigenvalue weighted by Crippen LogP contribution is 2.35. The monoisotopic (exact) mass is 332 g/mol. The number of nitrogens with zero attached hydrogens (tertiary/aromatic N) is 4. The molecular formula is C14H28N4O3S. The fourth-order valence-corrected chi connectivity index (χ4v) is 4.04. The lowest BCUT2D eigenvalue weighted by Crippen LogP contribution is -2.52. The molecule has 0 radical (unpaired) electrons. The van der Waals surface area contributed by atoms with Crippen molar-refractivity contribution >= 4 is 16.1 Å². The largest absolute Gasteiger partial charge is 0.339 e. The zero-order valence-corrected chi connectivity index (χ0v) is 14.8. The highest BCUT2D eigenvalue weighted by atomic mass is 32.2. The maximum Gasteiger partial charge on any atom is 0.282 e. The number of hydrogen-bond donors (Lipinski definition) is 0. The van der Waals surface area contributed by atoms with Crippen LogP contribution in [0.2, 0.25) is 0 Å². The van der Waals surface area contributed by atoms with Crippen molar-refractivity contribution in [2.45, 2.75) is 25.8 Å². The van der Waals surface area contributed by atoms with Crippen LogP contribution in [0, 0.1) is 5.92 Å². The molecule has 0 aromatic carbocycles. The zero-order valence-electron chi connectivity index (χ0n) is 14.0. The molecule has 1 aliphatic heterocycles. The van der Waals surface area contributed by atoms with Crippen molar-refractivity contribution in [1.82, 2.24) is 18.4 Å². The van der Waals surface area contributed by atoms with E-state index in [0.29, 0.717) is 19.0 Å². The smallest absolute Gasteiger partial charge is 0.282 e. The minimum absolute atomic E-state index is 0.00816. The van der Waals surface area contributed by atoms with E-state index in [1.54, 1.807) is 11.9 Å². The third kappa shape index (κ3) is 3.98. The lowest BCUT2D eigenvalue weighted by molar-refractivity contribution is -0.132. The summed E-state index contributed by atoms with van der Waals surface area (Å²) in [5.41, 5.74) is 0. The molecule has 1 saturated heterocycles. The molecule has 1 saturated carbocycles. The second kappa shape index (κ2) is 6.82. The van der Waals surface area contributed by atoms with Gasteiger partial charge in [0.05, 0.1) is 6.54 Å². The first-order valence-electron chi connectivity index (χ1n) is 7.89. The predicted molar refractivity (Wildman–Crippen MR) is 85.6 cm³/mol. The molecular weight excluding hydrogens is 304 g/mol. The maximum absolute atomic E-state index is 12.5. The quantitative estimate of drug-likeness (QED) is 0.668. The van der Waals surface area contributed by atoms with Gasteiger partial charge in [-0.15, -0.1) is 0 Å². The highest BCUT2D eigenvalue weighted by Gasteiger charge is 2.37. The number of amides is 1. The van der Waals surface area contributed by atoms with E-state index < -0.39 is 10.2 Å². The Morgan fingerprint density at radius 3 is 2.23 bits per heavy atom. The summed E-state index contributed by atoms with van der Waals surface area (Å²) in [4.78, 5) is 16.2. The number of carbonyl (C=O) groups excluding carboxylic acids is 1. The number of piperazine rings is 1. The van der Waals surface area contributed by atoms with Crippen LogP contribution in [0.15, 0.2) is 0 Å². The Balaban J connectivity index is 1.92. The van der Waals surface area contributed by atoms with Gasteiger partial charge in [-0.2, -0.15) is 17.0 Å². The second-order valence-electron chi connectivity index (χ2n) is 6.54. The molecule has 2 rings (SSSR count). The van der Waals surface area contributed by atoms with Gasteiger partial charge in [-0.05, 0) is 32.7 Å². The molecule has 0 bridgehead atoms. The van der Waals surface area contributed by atoms with E-state index in [0.717, 1.165) is 25.9 Å². The van der Waals surface area contributed by atoms with Crippen molar-refractivity contribution in [2.75, 3.05) is 53.9 Å². The van der Waals surface area contributed by atoms with Crippen molar-refractivity contribution in [3.63, 3.8) is 0 Å². The van der Waals surface area contributed by atoms with Gasteiger partial charge >= 0.3 is 0 Å². The van der Waals surface area contributed by atoms with Crippen molar-refractivity contribution in [2.24, 2.45) is 5.92 Å². The average molecular weight is 332 g/mol. The van der Waals surface area contributed by atoms with Gasteiger partial charge in [-0.1, -0.05) is 0 Å². The normalized spacial score (nSPS) is 22.4. The number of likely N-dealkylation sites (N-methyl/N-ethyl adjacent to an activating group) is 2. The second-order valence-corrected chi connectivity index (χ2v) is 8.64. The molecule has 2 fully saturated rings. The SMILES string of the molecule is CC(C1CC1)N(C)S(=O)(=O)N(C)CC(=O)N1CCN(C)CC1. The van der Waals surface area contributed by atoms with Gasteiger partial charge < -0.3 is 9.80 Å². The van der Waals surface area contributed by atoms with E-state index in [1.807, 2.05) is 14.0 Å². The van der Waals surface area contributed by atoms with Crippen LogP contribution in [0.4, 0.5) is 0 Å². The Morgan fingerprint density at radius 1 is 1.18 bits per heavy atom. The van der Waals surface area contributed by atoms with Crippen molar-refractivity contribution < 1.29 is 13.2 Å². The third-order valence-electron chi connectivity index (χ3n) is 4.85. The van der Waals surface area contributed by atoms with E-state index in [4.69, 9.17) is 0 Å². The molecule has 0 N–H and O–H groups in total. The zero-order chi connectivity index (χ0) is 16.5. The first-order valence-corrected chi connectivity index (χ1v) is 9.28. The van der Waals surface area contributed by atoms with Crippen LogP contribution in [0.25, 0.3) is 0 Å². The predicted octanol–water partition coefficient (Wildman–Crippen LogP) is -0.333. The minimum atomic E-state index is -3.58. The van der Waals surface area contributed by atoms with Gasteiger partial charge in [0.25, 0.3) is 10.2 Å². The van der Waals surface area contributed by atoms with Gasteiger partial charge in [0.15, 0.2) is 0 Å². The molecule has 8 heteroatoms. The topological polar surface area (TPSA) is 64.2 Å². The average Bonchev–Trinajstić information content (AvgIpc) is 3.30. The van der Waals surface area contributed by atoms with Crippen LogP contribution >= 0.6 is 0 Å². The summed E-state index contributed by atoms with van der Waals surface area (Å²) in [5.74, 6) is 0.341. The van der Waals surface area contributed by atoms with E-state index in [2.05, 4.69) is 4.90 Å². The Labute approximate surface area is 134 Å². The first-order chi connectivity index (χ1) is 10.2. The standard InChI is InChI=1S/C14H28N4O3S/c1-12(13-5-6-13)17(4)22(20,21)16(3)11-14(19)18-9-7-15(2)8-10-18/h12-13H,5-11H2,1-4H3. The summed E-state index contributed by atoms with van der Waals surface area (Å²) < 4.78 is 27.7. The summed E-state index contributed by atoms with van der Waals surface area (Å²) in [5, 5.41) is 0. The fourth-order valence-electron chi connectivity index (χ4n) is 2.73. The summed E-state index contributed by atoms with van der Waals surface area (Å²) in [6.07, 6.45) is 2.18. The van der Waals surface area contributed by atoms with Crippen molar-refractivity contribution in [3.05, 3.63) is 0 Å². The van der Waals surface area contributed by atoms with E-state index in [-0.39, 0.29) is 18.5 Å². The summed E-state index contributed by atoms with van der Waals surface area (Å²) in [6.45, 7) is 4.84. The molecule has 1 heterocycles. The van der Waals surface area contributed by atoms with Crippen LogP contribution in [-0.4, -0.2) is 92.6 Å². The number of rotatable bonds is 6. The van der Waals surface area contributed by atoms with Gasteiger partial charge in [-0.3, -0.25) is 4.79 Å². The van der Waals surface area contributed by atoms with E-state index in [9.17, 15) is 13.2 Å². The van der Waals surface area contributed by atoms with Gasteiger partial charge in [-0.25, -0.2) is 0 Å². The molecule has 128 valence electrons. The first kappa shape index (κ1) is 17.7. The molecule has 0 aromatic heterocycles. The van der Waals surface area contributed by atoms with Gasteiger partial charge in [0.2, 0.25) is 5.91 Å². The van der Waals surface area contributed by atoms with Gasteiger partial charge in [0.1, 0.15) is 0 Å². The van der Waals surface area contributed by atoms with Crippen LogP contribution in [-0.2, 0) is 15.0 Å². The fraction of sp³-hybridized carbons (Fsp3) is 0.929. The van der Waals surface area contributed by atoms with Crippen LogP contribution in [0.1, 0.15) is 19.8 Å². The van der Waals surface area contributed by atoms with Crippen molar-refractivity contribution in [1.29, 1.82) is 0 Å². The molecule has 1 aliphatic carbocycles. The molecule has 22 heavy (non-hydrogen) atoms. The summed E-state index contributed by atoms with van der Waals surface area (Å²) in [7, 11) is 1.53. The summed E-state index contributed by atoms with van der Waals surface area (Å²) >= 11 is 0. The highest BCUT2D eigenvalue weighted by molar-refractivity contribution is 7.86. The molecule has 0 spiro atoms. The van der Waals surface area contributed by atoms with E-state index >= 15 is 0 Å². The number of carbonyl (C=O) groups is 1. The van der Waals surface area contributed by atoms with Crippen LogP contribution < -0.4 is 0 Å². The Bertz CT molecular complexity index is 498. The molecule has 7 nitrogen and oxygen atoms in total. The van der Waals surface area contributed by atoms with Crippen LogP contribution in [0.5, 0.6) is 0 Å². The Kier molecular flexibility index (Phi) is 5.47. The van der Waals surface area contributed by atoms with Gasteiger partial charge in [0, 0.05) is 46.3 Å². The van der Waals surface area contributed by atoms with E-state index in [1.165, 1.54) is 15.7 Å². The molecule has 0 aromatic rings. The Morgan fingerprint density at radius 2 is 1.73 bits per heavy atom.